The molecule has 2 fully saturated rings. The number of amides is 1. The lowest BCUT2D eigenvalue weighted by molar-refractivity contribution is -0.137. The highest BCUT2D eigenvalue weighted by Crippen LogP contribution is 2.27. The van der Waals surface area contributed by atoms with E-state index in [0.29, 0.717) is 32.1 Å². The summed E-state index contributed by atoms with van der Waals surface area (Å²) in [5, 5.41) is 0. The van der Waals surface area contributed by atoms with Gasteiger partial charge in [-0.2, -0.15) is 0 Å². The van der Waals surface area contributed by atoms with Gasteiger partial charge in [-0.05, 0) is 45.6 Å². The summed E-state index contributed by atoms with van der Waals surface area (Å²) in [6.07, 6.45) is 2.50. The normalized spacial score (nSPS) is 30.1. The molecule has 3 atom stereocenters. The van der Waals surface area contributed by atoms with Crippen molar-refractivity contribution < 1.29 is 13.2 Å². The molecule has 130 valence electrons. The summed E-state index contributed by atoms with van der Waals surface area (Å²) in [6.45, 7) is 5.90. The third-order valence-corrected chi connectivity index (χ3v) is 6.62. The third-order valence-electron chi connectivity index (χ3n) is 4.77. The second-order valence-electron chi connectivity index (χ2n) is 6.27. The van der Waals surface area contributed by atoms with Crippen molar-refractivity contribution in [2.45, 2.75) is 39.2 Å². The van der Waals surface area contributed by atoms with Crippen LogP contribution >= 0.6 is 12.4 Å². The highest BCUT2D eigenvalue weighted by molar-refractivity contribution is 7.89. The molecule has 0 bridgehead atoms. The maximum atomic E-state index is 12.7. The number of nitrogens with two attached hydrogens (primary N) is 1. The fourth-order valence-corrected chi connectivity index (χ4v) is 4.61. The standard InChI is InChI=1S/C14H27N3O3S.ClH/c1-3-21(19,20)16-6-4-5-13(10-16)14(18)17-9-12(8-15)7-11(17)2;/h11-13H,3-10,15H2,1-2H3;1H. The zero-order valence-corrected chi connectivity index (χ0v) is 15.0. The van der Waals surface area contributed by atoms with Crippen LogP contribution in [0.15, 0.2) is 0 Å². The Hall–Kier alpha value is -0.370. The van der Waals surface area contributed by atoms with E-state index in [4.69, 9.17) is 5.73 Å². The van der Waals surface area contributed by atoms with Crippen molar-refractivity contribution in [3.05, 3.63) is 0 Å². The van der Waals surface area contributed by atoms with Crippen molar-refractivity contribution in [3.8, 4) is 0 Å². The van der Waals surface area contributed by atoms with Crippen molar-refractivity contribution in [1.29, 1.82) is 0 Å². The SMILES string of the molecule is CCS(=O)(=O)N1CCCC(C(=O)N2CC(CN)CC2C)C1.Cl. The molecule has 2 aliphatic rings. The molecule has 3 unspecified atom stereocenters. The maximum Gasteiger partial charge on any atom is 0.227 e. The van der Waals surface area contributed by atoms with Gasteiger partial charge in [0.15, 0.2) is 0 Å². The second-order valence-corrected chi connectivity index (χ2v) is 8.53. The van der Waals surface area contributed by atoms with E-state index < -0.39 is 10.0 Å². The maximum absolute atomic E-state index is 12.7. The molecule has 1 amide bonds. The molecule has 2 rings (SSSR count). The van der Waals surface area contributed by atoms with Crippen LogP contribution in [-0.2, 0) is 14.8 Å². The van der Waals surface area contributed by atoms with Crippen molar-refractivity contribution in [2.24, 2.45) is 17.6 Å². The Kier molecular flexibility index (Phi) is 7.11. The second kappa shape index (κ2) is 7.95. The molecular formula is C14H28ClN3O3S. The summed E-state index contributed by atoms with van der Waals surface area (Å²) in [4.78, 5) is 14.6. The van der Waals surface area contributed by atoms with E-state index in [0.717, 1.165) is 19.3 Å². The van der Waals surface area contributed by atoms with E-state index in [9.17, 15) is 13.2 Å². The van der Waals surface area contributed by atoms with Crippen LogP contribution in [0.5, 0.6) is 0 Å². The number of hydrogen-bond donors (Lipinski definition) is 1. The highest BCUT2D eigenvalue weighted by Gasteiger charge is 2.38. The van der Waals surface area contributed by atoms with Crippen LogP contribution in [0.4, 0.5) is 0 Å². The van der Waals surface area contributed by atoms with Crippen molar-refractivity contribution in [3.63, 3.8) is 0 Å². The molecule has 2 aliphatic heterocycles. The van der Waals surface area contributed by atoms with Gasteiger partial charge in [0.05, 0.1) is 11.7 Å². The summed E-state index contributed by atoms with van der Waals surface area (Å²) in [5.74, 6) is 0.389. The Morgan fingerprint density at radius 3 is 2.55 bits per heavy atom. The van der Waals surface area contributed by atoms with Crippen LogP contribution in [-0.4, -0.2) is 61.5 Å². The molecule has 2 heterocycles. The number of carbonyl (C=O) groups is 1. The molecule has 0 saturated carbocycles. The van der Waals surface area contributed by atoms with Crippen molar-refractivity contribution in [2.75, 3.05) is 31.9 Å². The van der Waals surface area contributed by atoms with Crippen LogP contribution in [0.2, 0.25) is 0 Å². The lowest BCUT2D eigenvalue weighted by Crippen LogP contribution is -2.48. The molecule has 0 aromatic rings. The summed E-state index contributed by atoms with van der Waals surface area (Å²) >= 11 is 0. The minimum Gasteiger partial charge on any atom is -0.339 e. The molecule has 0 aliphatic carbocycles. The summed E-state index contributed by atoms with van der Waals surface area (Å²) in [7, 11) is -3.20. The Balaban J connectivity index is 0.00000242. The zero-order valence-electron chi connectivity index (χ0n) is 13.4. The monoisotopic (exact) mass is 353 g/mol. The molecule has 22 heavy (non-hydrogen) atoms. The Labute approximate surface area is 139 Å². The van der Waals surface area contributed by atoms with Crippen LogP contribution in [0.1, 0.15) is 33.1 Å². The van der Waals surface area contributed by atoms with Gasteiger partial charge in [0.2, 0.25) is 15.9 Å². The Morgan fingerprint density at radius 1 is 1.32 bits per heavy atom. The molecule has 8 heteroatoms. The number of carbonyl (C=O) groups excluding carboxylic acids is 1. The van der Waals surface area contributed by atoms with Gasteiger partial charge in [0, 0.05) is 25.7 Å². The van der Waals surface area contributed by atoms with Gasteiger partial charge in [0.1, 0.15) is 0 Å². The highest BCUT2D eigenvalue weighted by atomic mass is 35.5. The van der Waals surface area contributed by atoms with E-state index in [1.54, 1.807) is 6.92 Å². The number of sulfonamides is 1. The van der Waals surface area contributed by atoms with Crippen LogP contribution in [0, 0.1) is 11.8 Å². The average Bonchev–Trinajstić information content (AvgIpc) is 2.87. The molecule has 0 aromatic heterocycles. The van der Waals surface area contributed by atoms with Crippen LogP contribution in [0.25, 0.3) is 0 Å². The number of hydrogen-bond acceptors (Lipinski definition) is 4. The Morgan fingerprint density at radius 2 is 2.00 bits per heavy atom. The van der Waals surface area contributed by atoms with E-state index in [1.807, 2.05) is 4.90 Å². The van der Waals surface area contributed by atoms with E-state index >= 15 is 0 Å². The lowest BCUT2D eigenvalue weighted by atomic mass is 9.98. The van der Waals surface area contributed by atoms with E-state index in [-0.39, 0.29) is 36.0 Å². The van der Waals surface area contributed by atoms with Gasteiger partial charge in [-0.3, -0.25) is 4.79 Å². The summed E-state index contributed by atoms with van der Waals surface area (Å²) in [5.41, 5.74) is 5.71. The predicted molar refractivity (Wildman–Crippen MR) is 89.3 cm³/mol. The molecule has 2 N–H and O–H groups in total. The number of nitrogens with zero attached hydrogens (tertiary/aromatic N) is 2. The quantitative estimate of drug-likeness (QED) is 0.805. The fourth-order valence-electron chi connectivity index (χ4n) is 3.43. The number of likely N-dealkylation sites (tertiary alicyclic amines) is 1. The van der Waals surface area contributed by atoms with Crippen molar-refractivity contribution in [1.82, 2.24) is 9.21 Å². The number of rotatable bonds is 4. The first-order chi connectivity index (χ1) is 9.89. The third kappa shape index (κ3) is 4.13. The summed E-state index contributed by atoms with van der Waals surface area (Å²) in [6, 6.07) is 0.212. The fraction of sp³-hybridized carbons (Fsp3) is 0.929. The smallest absolute Gasteiger partial charge is 0.227 e. The first-order valence-electron chi connectivity index (χ1n) is 7.87. The van der Waals surface area contributed by atoms with Gasteiger partial charge < -0.3 is 10.6 Å². The minimum atomic E-state index is -3.20. The average molecular weight is 354 g/mol. The van der Waals surface area contributed by atoms with Gasteiger partial charge in [-0.1, -0.05) is 0 Å². The first-order valence-corrected chi connectivity index (χ1v) is 9.48. The lowest BCUT2D eigenvalue weighted by Gasteiger charge is -2.34. The first kappa shape index (κ1) is 19.7. The predicted octanol–water partition coefficient (Wildman–Crippen LogP) is 0.666. The molecular weight excluding hydrogens is 326 g/mol. The molecule has 6 nitrogen and oxygen atoms in total. The summed E-state index contributed by atoms with van der Waals surface area (Å²) < 4.78 is 25.5. The molecule has 0 radical (unpaired) electrons. The Bertz CT molecular complexity index is 486. The zero-order chi connectivity index (χ0) is 15.6. The van der Waals surface area contributed by atoms with E-state index in [1.165, 1.54) is 4.31 Å². The topological polar surface area (TPSA) is 83.7 Å². The van der Waals surface area contributed by atoms with Crippen LogP contribution in [0.3, 0.4) is 0 Å². The largest absolute Gasteiger partial charge is 0.339 e. The number of halogens is 1. The molecule has 0 spiro atoms. The van der Waals surface area contributed by atoms with E-state index in [2.05, 4.69) is 6.92 Å². The van der Waals surface area contributed by atoms with Gasteiger partial charge >= 0.3 is 0 Å². The minimum absolute atomic E-state index is 0. The number of piperidine rings is 1. The van der Waals surface area contributed by atoms with Crippen molar-refractivity contribution >= 4 is 28.3 Å². The van der Waals surface area contributed by atoms with Crippen LogP contribution < -0.4 is 5.73 Å². The molecule has 2 saturated heterocycles. The molecule has 0 aromatic carbocycles. The van der Waals surface area contributed by atoms with Gasteiger partial charge in [-0.25, -0.2) is 12.7 Å². The van der Waals surface area contributed by atoms with Gasteiger partial charge in [0.25, 0.3) is 0 Å². The van der Waals surface area contributed by atoms with Gasteiger partial charge in [-0.15, -0.1) is 12.4 Å².